The largest absolute Gasteiger partial charge is 0.481 e. The van der Waals surface area contributed by atoms with Crippen LogP contribution >= 0.6 is 31.9 Å². The monoisotopic (exact) mass is 640 g/mol. The van der Waals surface area contributed by atoms with Gasteiger partial charge in [0.1, 0.15) is 5.75 Å². The van der Waals surface area contributed by atoms with E-state index in [2.05, 4.69) is 49.0 Å². The average molecular weight is 642 g/mol. The molecule has 6 nitrogen and oxygen atoms in total. The number of benzene rings is 2. The number of rotatable bonds is 6. The Labute approximate surface area is 239 Å². The second-order valence-electron chi connectivity index (χ2n) is 9.97. The number of ketones is 2. The summed E-state index contributed by atoms with van der Waals surface area (Å²) in [5.74, 6) is 0.0813. The number of carbonyl (C=O) groups excluding carboxylic acids is 3. The number of allylic oxidation sites excluding steroid dienone is 4. The van der Waals surface area contributed by atoms with E-state index in [1.54, 1.807) is 0 Å². The maximum absolute atomic E-state index is 13.3. The highest BCUT2D eigenvalue weighted by Gasteiger charge is 2.43. The minimum atomic E-state index is -0.394. The van der Waals surface area contributed by atoms with E-state index in [0.717, 1.165) is 65.9 Å². The van der Waals surface area contributed by atoms with E-state index in [-0.39, 0.29) is 24.1 Å². The van der Waals surface area contributed by atoms with Gasteiger partial charge in [0.2, 0.25) is 0 Å². The predicted molar refractivity (Wildman–Crippen MR) is 154 cm³/mol. The third-order valence-electron chi connectivity index (χ3n) is 7.41. The number of ether oxygens (including phenoxy) is 1. The van der Waals surface area contributed by atoms with Crippen molar-refractivity contribution in [3.63, 3.8) is 0 Å². The van der Waals surface area contributed by atoms with Gasteiger partial charge < -0.3 is 15.0 Å². The van der Waals surface area contributed by atoms with Crippen LogP contribution in [0.1, 0.15) is 62.5 Å². The summed E-state index contributed by atoms with van der Waals surface area (Å²) in [5, 5.41) is 2.85. The van der Waals surface area contributed by atoms with Crippen LogP contribution < -0.4 is 10.1 Å². The summed E-state index contributed by atoms with van der Waals surface area (Å²) < 4.78 is 7.20. The summed E-state index contributed by atoms with van der Waals surface area (Å²) in [6.45, 7) is 4.63. The number of nitrogens with zero attached hydrogens (tertiary/aromatic N) is 1. The van der Waals surface area contributed by atoms with E-state index < -0.39 is 5.92 Å². The van der Waals surface area contributed by atoms with Gasteiger partial charge in [-0.05, 0) is 107 Å². The van der Waals surface area contributed by atoms with Gasteiger partial charge in [-0.1, -0.05) is 12.1 Å². The molecule has 2 aromatic rings. The maximum atomic E-state index is 13.3. The summed E-state index contributed by atoms with van der Waals surface area (Å²) >= 11 is 7.25. The molecule has 5 rings (SSSR count). The van der Waals surface area contributed by atoms with Crippen LogP contribution in [0.25, 0.3) is 0 Å². The molecular formula is C30H30Br2N2O4. The molecule has 3 aliphatic rings. The highest BCUT2D eigenvalue weighted by atomic mass is 79.9. The van der Waals surface area contributed by atoms with E-state index in [9.17, 15) is 14.4 Å². The van der Waals surface area contributed by atoms with Crippen LogP contribution in [0.2, 0.25) is 0 Å². The van der Waals surface area contributed by atoms with Crippen molar-refractivity contribution in [2.45, 2.75) is 58.3 Å². The number of nitrogens with one attached hydrogen (secondary N) is 1. The van der Waals surface area contributed by atoms with Gasteiger partial charge in [-0.3, -0.25) is 14.4 Å². The summed E-state index contributed by atoms with van der Waals surface area (Å²) in [5.41, 5.74) is 6.30. The molecule has 0 aromatic heterocycles. The zero-order chi connectivity index (χ0) is 27.0. The van der Waals surface area contributed by atoms with Gasteiger partial charge in [-0.15, -0.1) is 0 Å². The number of carbonyl (C=O) groups is 3. The highest BCUT2D eigenvalue weighted by molar-refractivity contribution is 9.11. The standard InChI is InChI=1S/C30H30Br2N2O4/c1-3-34-22-9-5-11-24(35)28(22)27(29-23(34)10-6-12-25(29)36)18-14-20(31)30(21(32)15-18)38-16-26(37)33-19-8-4-7-17(2)13-19/h4,7-8,13-15,27H,3,5-6,9-12,16H2,1-2H3,(H,33,37). The molecule has 0 atom stereocenters. The quantitative estimate of drug-likeness (QED) is 0.369. The van der Waals surface area contributed by atoms with Crippen molar-refractivity contribution in [3.8, 4) is 5.75 Å². The van der Waals surface area contributed by atoms with Gasteiger partial charge in [0.05, 0.1) is 8.95 Å². The van der Waals surface area contributed by atoms with Crippen LogP contribution in [0.15, 0.2) is 67.9 Å². The van der Waals surface area contributed by atoms with Crippen LogP contribution in [0.5, 0.6) is 5.75 Å². The van der Waals surface area contributed by atoms with Crippen LogP contribution in [-0.4, -0.2) is 35.5 Å². The van der Waals surface area contributed by atoms with Crippen molar-refractivity contribution in [1.29, 1.82) is 0 Å². The molecule has 2 aliphatic carbocycles. The molecule has 38 heavy (non-hydrogen) atoms. The van der Waals surface area contributed by atoms with Crippen LogP contribution in [0, 0.1) is 6.92 Å². The van der Waals surface area contributed by atoms with E-state index >= 15 is 0 Å². The van der Waals surface area contributed by atoms with Crippen LogP contribution in [-0.2, 0) is 14.4 Å². The van der Waals surface area contributed by atoms with Crippen LogP contribution in [0.4, 0.5) is 5.69 Å². The number of hydrogen-bond donors (Lipinski definition) is 1. The molecule has 0 saturated carbocycles. The molecule has 0 bridgehead atoms. The Bertz CT molecular complexity index is 1330. The van der Waals surface area contributed by atoms with Crippen molar-refractivity contribution in [2.75, 3.05) is 18.5 Å². The first-order valence-electron chi connectivity index (χ1n) is 13.1. The molecule has 1 heterocycles. The van der Waals surface area contributed by atoms with E-state index in [0.29, 0.717) is 33.2 Å². The Balaban J connectivity index is 1.46. The summed E-state index contributed by atoms with van der Waals surface area (Å²) in [7, 11) is 0. The second kappa shape index (κ2) is 11.2. The molecule has 0 saturated heterocycles. The number of hydrogen-bond acceptors (Lipinski definition) is 5. The summed E-state index contributed by atoms with van der Waals surface area (Å²) in [4.78, 5) is 41.4. The van der Waals surface area contributed by atoms with Gasteiger partial charge in [0.25, 0.3) is 5.91 Å². The lowest BCUT2D eigenvalue weighted by Crippen LogP contribution is -2.39. The van der Waals surface area contributed by atoms with Gasteiger partial charge in [0.15, 0.2) is 18.2 Å². The lowest BCUT2D eigenvalue weighted by atomic mass is 9.71. The molecule has 0 spiro atoms. The first-order chi connectivity index (χ1) is 18.3. The Kier molecular flexibility index (Phi) is 7.91. The fourth-order valence-corrected chi connectivity index (χ4v) is 7.32. The van der Waals surface area contributed by atoms with Crippen LogP contribution in [0.3, 0.4) is 0 Å². The van der Waals surface area contributed by atoms with Gasteiger partial charge in [0, 0.05) is 53.5 Å². The van der Waals surface area contributed by atoms with Crippen molar-refractivity contribution < 1.29 is 19.1 Å². The predicted octanol–water partition coefficient (Wildman–Crippen LogP) is 6.97. The zero-order valence-electron chi connectivity index (χ0n) is 21.5. The SMILES string of the molecule is CCN1C2=C(C(=O)CCC2)C(c2cc(Br)c(OCC(=O)Nc3cccc(C)c3)c(Br)c2)C2=C1CCCC2=O. The first-order valence-corrected chi connectivity index (χ1v) is 14.6. The minimum absolute atomic E-state index is 0.125. The smallest absolute Gasteiger partial charge is 0.262 e. The normalized spacial score (nSPS) is 17.9. The lowest BCUT2D eigenvalue weighted by Gasteiger charge is -2.43. The third kappa shape index (κ3) is 5.13. The summed E-state index contributed by atoms with van der Waals surface area (Å²) in [6, 6.07) is 11.4. The molecule has 1 N–H and O–H groups in total. The van der Waals surface area contributed by atoms with Crippen molar-refractivity contribution in [1.82, 2.24) is 4.90 Å². The number of halogens is 2. The fourth-order valence-electron chi connectivity index (χ4n) is 5.87. The summed E-state index contributed by atoms with van der Waals surface area (Å²) in [6.07, 6.45) is 4.36. The topological polar surface area (TPSA) is 75.7 Å². The highest BCUT2D eigenvalue weighted by Crippen LogP contribution is 2.50. The van der Waals surface area contributed by atoms with Gasteiger partial charge >= 0.3 is 0 Å². The molecule has 0 unspecified atom stereocenters. The maximum Gasteiger partial charge on any atom is 0.262 e. The van der Waals surface area contributed by atoms with Crippen molar-refractivity contribution >= 4 is 55.0 Å². The van der Waals surface area contributed by atoms with Gasteiger partial charge in [-0.25, -0.2) is 0 Å². The van der Waals surface area contributed by atoms with Crippen molar-refractivity contribution in [2.24, 2.45) is 0 Å². The van der Waals surface area contributed by atoms with E-state index in [1.807, 2.05) is 43.3 Å². The lowest BCUT2D eigenvalue weighted by molar-refractivity contribution is -0.118. The Morgan fingerprint density at radius 3 is 2.13 bits per heavy atom. The Morgan fingerprint density at radius 1 is 0.974 bits per heavy atom. The molecule has 1 aliphatic heterocycles. The second-order valence-corrected chi connectivity index (χ2v) is 11.7. The molecule has 8 heteroatoms. The van der Waals surface area contributed by atoms with Gasteiger partial charge in [-0.2, -0.15) is 0 Å². The Hall–Kier alpha value is -2.71. The third-order valence-corrected chi connectivity index (χ3v) is 8.58. The molecule has 2 aromatic carbocycles. The number of aryl methyl sites for hydroxylation is 1. The molecule has 198 valence electrons. The zero-order valence-corrected chi connectivity index (χ0v) is 24.7. The number of Topliss-reactive ketones (excluding diaryl/α,β-unsaturated/α-hetero) is 2. The van der Waals surface area contributed by atoms with E-state index in [4.69, 9.17) is 4.74 Å². The fraction of sp³-hybridized carbons (Fsp3) is 0.367. The molecule has 1 amide bonds. The average Bonchev–Trinajstić information content (AvgIpc) is 2.87. The molecular weight excluding hydrogens is 612 g/mol. The number of anilines is 1. The Morgan fingerprint density at radius 2 is 1.58 bits per heavy atom. The van der Waals surface area contributed by atoms with E-state index in [1.165, 1.54) is 0 Å². The minimum Gasteiger partial charge on any atom is -0.481 e. The van der Waals surface area contributed by atoms with Crippen molar-refractivity contribution in [3.05, 3.63) is 79.0 Å². The number of amides is 1. The molecule has 0 fully saturated rings. The molecule has 0 radical (unpaired) electrons. The first kappa shape index (κ1) is 26.9.